The Kier molecular flexibility index (Phi) is 4.01. The molecule has 3 aliphatic carbocycles. The molecule has 3 unspecified atom stereocenters. The summed E-state index contributed by atoms with van der Waals surface area (Å²) in [6.07, 6.45) is 4.15. The number of rotatable bonds is 7. The first kappa shape index (κ1) is 14.6. The molecule has 3 atom stereocenters. The number of alkyl halides is 3. The molecule has 0 aliphatic heterocycles. The zero-order valence-electron chi connectivity index (χ0n) is 11.8. The second-order valence-corrected chi connectivity index (χ2v) is 7.02. The molecule has 0 amide bonds. The van der Waals surface area contributed by atoms with E-state index < -0.39 is 12.8 Å². The minimum Gasteiger partial charge on any atom is -0.372 e. The van der Waals surface area contributed by atoms with Crippen LogP contribution in [0.4, 0.5) is 13.2 Å². The molecule has 0 heterocycles. The SMILES string of the molecule is FC(F)(F)COCCC1(CNC2CC2)CC2CCC1C2. The average molecular weight is 291 g/mol. The molecule has 3 aliphatic rings. The van der Waals surface area contributed by atoms with Crippen molar-refractivity contribution in [1.29, 1.82) is 0 Å². The lowest BCUT2D eigenvalue weighted by molar-refractivity contribution is -0.175. The third kappa shape index (κ3) is 3.48. The third-order valence-electron chi connectivity index (χ3n) is 5.43. The normalized spacial score (nSPS) is 36.8. The van der Waals surface area contributed by atoms with Gasteiger partial charge in [0.2, 0.25) is 0 Å². The van der Waals surface area contributed by atoms with Crippen LogP contribution in [0.3, 0.4) is 0 Å². The van der Waals surface area contributed by atoms with E-state index in [1.165, 1.54) is 38.5 Å². The lowest BCUT2D eigenvalue weighted by Gasteiger charge is -2.38. The average Bonchev–Trinajstić information content (AvgIpc) is 3.00. The van der Waals surface area contributed by atoms with Gasteiger partial charge in [-0.15, -0.1) is 0 Å². The van der Waals surface area contributed by atoms with Crippen molar-refractivity contribution >= 4 is 0 Å². The van der Waals surface area contributed by atoms with Gasteiger partial charge in [0.25, 0.3) is 0 Å². The van der Waals surface area contributed by atoms with Crippen molar-refractivity contribution in [3.63, 3.8) is 0 Å². The fraction of sp³-hybridized carbons (Fsp3) is 1.00. The summed E-state index contributed by atoms with van der Waals surface area (Å²) in [6, 6.07) is 0.669. The highest BCUT2D eigenvalue weighted by molar-refractivity contribution is 5.02. The van der Waals surface area contributed by atoms with Gasteiger partial charge >= 0.3 is 6.18 Å². The zero-order valence-corrected chi connectivity index (χ0v) is 11.8. The number of halogens is 3. The van der Waals surface area contributed by atoms with E-state index in [-0.39, 0.29) is 12.0 Å². The van der Waals surface area contributed by atoms with Crippen LogP contribution in [0.25, 0.3) is 0 Å². The van der Waals surface area contributed by atoms with Crippen molar-refractivity contribution in [2.45, 2.75) is 57.2 Å². The van der Waals surface area contributed by atoms with E-state index in [0.717, 1.165) is 18.9 Å². The lowest BCUT2D eigenvalue weighted by Crippen LogP contribution is -2.40. The molecule has 0 radical (unpaired) electrons. The summed E-state index contributed by atoms with van der Waals surface area (Å²) in [4.78, 5) is 0. The molecule has 3 saturated carbocycles. The molecule has 0 aromatic rings. The van der Waals surface area contributed by atoms with Gasteiger partial charge in [0.15, 0.2) is 0 Å². The molecule has 0 aromatic heterocycles. The molecule has 0 aromatic carbocycles. The Bertz CT molecular complexity index is 343. The van der Waals surface area contributed by atoms with Crippen LogP contribution in [0.15, 0.2) is 0 Å². The molecule has 3 fully saturated rings. The Morgan fingerprint density at radius 3 is 2.50 bits per heavy atom. The van der Waals surface area contributed by atoms with E-state index in [1.54, 1.807) is 0 Å². The summed E-state index contributed by atoms with van der Waals surface area (Å²) in [7, 11) is 0. The Hall–Kier alpha value is -0.290. The first-order chi connectivity index (χ1) is 9.47. The largest absolute Gasteiger partial charge is 0.411 e. The van der Waals surface area contributed by atoms with Crippen LogP contribution >= 0.6 is 0 Å². The molecule has 2 bridgehead atoms. The molecule has 20 heavy (non-hydrogen) atoms. The predicted octanol–water partition coefficient (Wildman–Crippen LogP) is 3.51. The van der Waals surface area contributed by atoms with Crippen LogP contribution in [0.5, 0.6) is 0 Å². The summed E-state index contributed by atoms with van der Waals surface area (Å²) in [6.45, 7) is 0.122. The van der Waals surface area contributed by atoms with Gasteiger partial charge in [-0.3, -0.25) is 0 Å². The van der Waals surface area contributed by atoms with E-state index in [4.69, 9.17) is 4.74 Å². The molecule has 0 spiro atoms. The van der Waals surface area contributed by atoms with Crippen molar-refractivity contribution in [3.05, 3.63) is 0 Å². The highest BCUT2D eigenvalue weighted by atomic mass is 19.4. The van der Waals surface area contributed by atoms with E-state index in [2.05, 4.69) is 5.32 Å². The van der Waals surface area contributed by atoms with Gasteiger partial charge in [0, 0.05) is 19.2 Å². The van der Waals surface area contributed by atoms with Crippen molar-refractivity contribution < 1.29 is 17.9 Å². The fourth-order valence-corrected chi connectivity index (χ4v) is 4.27. The van der Waals surface area contributed by atoms with Gasteiger partial charge in [-0.05, 0) is 55.8 Å². The second-order valence-electron chi connectivity index (χ2n) is 7.02. The van der Waals surface area contributed by atoms with Crippen molar-refractivity contribution in [2.75, 3.05) is 19.8 Å². The predicted molar refractivity (Wildman–Crippen MR) is 70.4 cm³/mol. The minimum atomic E-state index is -4.20. The van der Waals surface area contributed by atoms with Crippen molar-refractivity contribution in [2.24, 2.45) is 17.3 Å². The summed E-state index contributed by atoms with van der Waals surface area (Å²) < 4.78 is 41.2. The Balaban J connectivity index is 1.50. The summed E-state index contributed by atoms with van der Waals surface area (Å²) in [5, 5.41) is 3.60. The van der Waals surface area contributed by atoms with Gasteiger partial charge in [-0.2, -0.15) is 13.2 Å². The maximum absolute atomic E-state index is 12.1. The Morgan fingerprint density at radius 2 is 1.95 bits per heavy atom. The zero-order chi connectivity index (χ0) is 14.2. The van der Waals surface area contributed by atoms with Crippen LogP contribution in [0.1, 0.15) is 44.9 Å². The number of hydrogen-bond acceptors (Lipinski definition) is 2. The highest BCUT2D eigenvalue weighted by Gasteiger charge is 2.50. The maximum atomic E-state index is 12.1. The topological polar surface area (TPSA) is 21.3 Å². The molecule has 0 saturated heterocycles. The molecule has 1 N–H and O–H groups in total. The first-order valence-electron chi connectivity index (χ1n) is 7.85. The highest BCUT2D eigenvalue weighted by Crippen LogP contribution is 2.57. The van der Waals surface area contributed by atoms with Gasteiger partial charge in [-0.1, -0.05) is 6.42 Å². The number of fused-ring (bicyclic) bond motifs is 2. The van der Waals surface area contributed by atoms with E-state index >= 15 is 0 Å². The summed E-state index contributed by atoms with van der Waals surface area (Å²) in [5.74, 6) is 1.51. The monoisotopic (exact) mass is 291 g/mol. The molecular formula is C15H24F3NO. The molecule has 2 nitrogen and oxygen atoms in total. The standard InChI is InChI=1S/C15H24F3NO/c16-15(17,18)10-20-6-5-14(9-19-13-3-4-13)8-11-1-2-12(14)7-11/h11-13,19H,1-10H2. The van der Waals surface area contributed by atoms with E-state index in [0.29, 0.717) is 12.0 Å². The third-order valence-corrected chi connectivity index (χ3v) is 5.43. The van der Waals surface area contributed by atoms with E-state index in [1.807, 2.05) is 0 Å². The van der Waals surface area contributed by atoms with Gasteiger partial charge in [0.05, 0.1) is 0 Å². The van der Waals surface area contributed by atoms with Crippen LogP contribution < -0.4 is 5.32 Å². The number of hydrogen-bond donors (Lipinski definition) is 1. The fourth-order valence-electron chi connectivity index (χ4n) is 4.27. The molecule has 5 heteroatoms. The molecule has 3 rings (SSSR count). The first-order valence-corrected chi connectivity index (χ1v) is 7.85. The second kappa shape index (κ2) is 5.48. The summed E-state index contributed by atoms with van der Waals surface area (Å²) in [5.41, 5.74) is 0.205. The number of nitrogens with one attached hydrogen (secondary N) is 1. The van der Waals surface area contributed by atoms with Crippen LogP contribution in [-0.4, -0.2) is 32.0 Å². The van der Waals surface area contributed by atoms with E-state index in [9.17, 15) is 13.2 Å². The number of ether oxygens (including phenoxy) is 1. The Morgan fingerprint density at radius 1 is 1.15 bits per heavy atom. The summed E-state index contributed by atoms with van der Waals surface area (Å²) >= 11 is 0. The lowest BCUT2D eigenvalue weighted by atomic mass is 9.71. The molecular weight excluding hydrogens is 267 g/mol. The quantitative estimate of drug-likeness (QED) is 0.725. The van der Waals surface area contributed by atoms with Crippen molar-refractivity contribution in [1.82, 2.24) is 5.32 Å². The van der Waals surface area contributed by atoms with Gasteiger partial charge in [-0.25, -0.2) is 0 Å². The smallest absolute Gasteiger partial charge is 0.372 e. The van der Waals surface area contributed by atoms with Crippen LogP contribution in [0, 0.1) is 17.3 Å². The van der Waals surface area contributed by atoms with Crippen LogP contribution in [0.2, 0.25) is 0 Å². The Labute approximate surface area is 118 Å². The molecule has 116 valence electrons. The minimum absolute atomic E-state index is 0.205. The van der Waals surface area contributed by atoms with Gasteiger partial charge < -0.3 is 10.1 Å². The van der Waals surface area contributed by atoms with Crippen molar-refractivity contribution in [3.8, 4) is 0 Å². The van der Waals surface area contributed by atoms with Gasteiger partial charge in [0.1, 0.15) is 6.61 Å². The van der Waals surface area contributed by atoms with Crippen LogP contribution in [-0.2, 0) is 4.74 Å². The maximum Gasteiger partial charge on any atom is 0.411 e.